The van der Waals surface area contributed by atoms with Crippen molar-refractivity contribution in [2.45, 2.75) is 18.4 Å². The maximum Gasteiger partial charge on any atom is 0.416 e. The summed E-state index contributed by atoms with van der Waals surface area (Å²) in [6, 6.07) is 1.68. The van der Waals surface area contributed by atoms with E-state index in [0.717, 1.165) is 18.2 Å². The lowest BCUT2D eigenvalue weighted by Gasteiger charge is -2.35. The molecule has 0 aromatic heterocycles. The number of hydrogen-bond donors (Lipinski definition) is 2. The Balaban J connectivity index is 2.06. The molecule has 1 aromatic carbocycles. The lowest BCUT2D eigenvalue weighted by molar-refractivity contribution is -0.183. The first-order valence-electron chi connectivity index (χ1n) is 7.56. The summed E-state index contributed by atoms with van der Waals surface area (Å²) in [7, 11) is 0. The van der Waals surface area contributed by atoms with Gasteiger partial charge in [-0.1, -0.05) is 6.07 Å². The van der Waals surface area contributed by atoms with E-state index in [1.54, 1.807) is 0 Å². The van der Waals surface area contributed by atoms with E-state index >= 15 is 0 Å². The Morgan fingerprint density at radius 2 is 1.80 bits per heavy atom. The third-order valence-corrected chi connectivity index (χ3v) is 3.88. The van der Waals surface area contributed by atoms with Gasteiger partial charge in [0.25, 0.3) is 5.91 Å². The van der Waals surface area contributed by atoms with Gasteiger partial charge >= 0.3 is 12.4 Å². The Morgan fingerprint density at radius 1 is 1.16 bits per heavy atom. The first-order valence-corrected chi connectivity index (χ1v) is 7.56. The van der Waals surface area contributed by atoms with E-state index in [-0.39, 0.29) is 18.7 Å². The number of alkyl halides is 6. The molecular formula is C15H17F6N3O. The smallest absolute Gasteiger partial charge is 0.350 e. The number of piperazine rings is 1. The van der Waals surface area contributed by atoms with Gasteiger partial charge in [-0.05, 0) is 18.2 Å². The van der Waals surface area contributed by atoms with Gasteiger partial charge in [-0.2, -0.15) is 26.3 Å². The van der Waals surface area contributed by atoms with Crippen LogP contribution in [0, 0.1) is 0 Å². The summed E-state index contributed by atoms with van der Waals surface area (Å²) in [4.78, 5) is 13.2. The molecule has 1 saturated heterocycles. The van der Waals surface area contributed by atoms with Gasteiger partial charge in [0, 0.05) is 38.3 Å². The maximum atomic E-state index is 13.2. The van der Waals surface area contributed by atoms with E-state index < -0.39 is 36.4 Å². The van der Waals surface area contributed by atoms with Crippen LogP contribution in [0.25, 0.3) is 0 Å². The number of nitrogens with one attached hydrogen (secondary N) is 2. The number of carbonyl (C=O) groups is 1. The van der Waals surface area contributed by atoms with Gasteiger partial charge < -0.3 is 10.6 Å². The molecule has 1 fully saturated rings. The minimum absolute atomic E-state index is 0.170. The standard InChI is InChI=1S/C15H17F6N3O/c16-14(17,18)11-3-1-2-10(8-11)13(25)23-9-12(15(19,20)21)24-6-4-22-5-7-24/h1-3,8,12,22H,4-7,9H2,(H,23,25). The van der Waals surface area contributed by atoms with Crippen molar-refractivity contribution in [3.8, 4) is 0 Å². The van der Waals surface area contributed by atoms with Crippen molar-refractivity contribution in [2.24, 2.45) is 0 Å². The van der Waals surface area contributed by atoms with Gasteiger partial charge in [-0.15, -0.1) is 0 Å². The predicted octanol–water partition coefficient (Wildman–Crippen LogP) is 2.27. The average molecular weight is 369 g/mol. The molecule has 140 valence electrons. The molecule has 10 heteroatoms. The topological polar surface area (TPSA) is 44.4 Å². The van der Waals surface area contributed by atoms with Crippen LogP contribution in [0.15, 0.2) is 24.3 Å². The van der Waals surface area contributed by atoms with Gasteiger partial charge in [-0.3, -0.25) is 9.69 Å². The fraction of sp³-hybridized carbons (Fsp3) is 0.533. The van der Waals surface area contributed by atoms with Crippen LogP contribution >= 0.6 is 0 Å². The van der Waals surface area contributed by atoms with Crippen LogP contribution in [-0.2, 0) is 6.18 Å². The van der Waals surface area contributed by atoms with Crippen LogP contribution in [0.3, 0.4) is 0 Å². The van der Waals surface area contributed by atoms with Gasteiger partial charge in [-0.25, -0.2) is 0 Å². The number of amides is 1. The van der Waals surface area contributed by atoms with E-state index in [2.05, 4.69) is 10.6 Å². The highest BCUT2D eigenvalue weighted by atomic mass is 19.4. The number of rotatable bonds is 4. The molecule has 1 heterocycles. The van der Waals surface area contributed by atoms with Crippen LogP contribution in [0.1, 0.15) is 15.9 Å². The molecule has 0 aliphatic carbocycles. The van der Waals surface area contributed by atoms with Crippen molar-refractivity contribution in [1.82, 2.24) is 15.5 Å². The molecule has 25 heavy (non-hydrogen) atoms. The van der Waals surface area contributed by atoms with Crippen LogP contribution in [0.5, 0.6) is 0 Å². The monoisotopic (exact) mass is 369 g/mol. The van der Waals surface area contributed by atoms with E-state index in [1.807, 2.05) is 0 Å². The zero-order valence-electron chi connectivity index (χ0n) is 13.0. The minimum atomic E-state index is -4.63. The Bertz CT molecular complexity index is 596. The van der Waals surface area contributed by atoms with Crippen molar-refractivity contribution in [3.63, 3.8) is 0 Å². The van der Waals surface area contributed by atoms with E-state index in [4.69, 9.17) is 0 Å². The van der Waals surface area contributed by atoms with Crippen LogP contribution in [-0.4, -0.2) is 55.7 Å². The summed E-state index contributed by atoms with van der Waals surface area (Å²) in [6.07, 6.45) is -9.19. The molecule has 1 aliphatic heterocycles. The highest BCUT2D eigenvalue weighted by Gasteiger charge is 2.43. The fourth-order valence-electron chi connectivity index (χ4n) is 2.57. The number of benzene rings is 1. The zero-order valence-corrected chi connectivity index (χ0v) is 13.0. The van der Waals surface area contributed by atoms with E-state index in [9.17, 15) is 31.1 Å². The predicted molar refractivity (Wildman–Crippen MR) is 78.1 cm³/mol. The second-order valence-electron chi connectivity index (χ2n) is 5.63. The Kier molecular flexibility index (Phi) is 5.94. The lowest BCUT2D eigenvalue weighted by atomic mass is 10.1. The molecule has 2 N–H and O–H groups in total. The molecule has 0 radical (unpaired) electrons. The highest BCUT2D eigenvalue weighted by molar-refractivity contribution is 5.94. The lowest BCUT2D eigenvalue weighted by Crippen LogP contribution is -2.57. The molecule has 1 amide bonds. The van der Waals surface area contributed by atoms with E-state index in [1.165, 1.54) is 4.90 Å². The van der Waals surface area contributed by atoms with Gasteiger partial charge in [0.1, 0.15) is 6.04 Å². The Hall–Kier alpha value is -1.81. The molecule has 1 aromatic rings. The van der Waals surface area contributed by atoms with Crippen molar-refractivity contribution in [1.29, 1.82) is 0 Å². The average Bonchev–Trinajstić information content (AvgIpc) is 2.54. The van der Waals surface area contributed by atoms with Gasteiger partial charge in [0.2, 0.25) is 0 Å². The van der Waals surface area contributed by atoms with Crippen LogP contribution in [0.2, 0.25) is 0 Å². The van der Waals surface area contributed by atoms with Crippen LogP contribution < -0.4 is 10.6 Å². The summed E-state index contributed by atoms with van der Waals surface area (Å²) >= 11 is 0. The minimum Gasteiger partial charge on any atom is -0.350 e. The highest BCUT2D eigenvalue weighted by Crippen LogP contribution is 2.29. The maximum absolute atomic E-state index is 13.2. The number of hydrogen-bond acceptors (Lipinski definition) is 3. The number of nitrogens with zero attached hydrogens (tertiary/aromatic N) is 1. The molecule has 4 nitrogen and oxygen atoms in total. The van der Waals surface area contributed by atoms with Crippen molar-refractivity contribution in [2.75, 3.05) is 32.7 Å². The normalized spacial score (nSPS) is 18.0. The molecular weight excluding hydrogens is 352 g/mol. The quantitative estimate of drug-likeness (QED) is 0.801. The molecule has 0 spiro atoms. The zero-order chi connectivity index (χ0) is 18.7. The SMILES string of the molecule is O=C(NCC(N1CCNCC1)C(F)(F)F)c1cccc(C(F)(F)F)c1. The number of carbonyl (C=O) groups excluding carboxylic acids is 1. The third-order valence-electron chi connectivity index (χ3n) is 3.88. The molecule has 1 unspecified atom stereocenters. The van der Waals surface area contributed by atoms with E-state index in [0.29, 0.717) is 19.2 Å². The number of halogens is 6. The molecule has 0 bridgehead atoms. The third kappa shape index (κ3) is 5.33. The van der Waals surface area contributed by atoms with Crippen molar-refractivity contribution < 1.29 is 31.1 Å². The van der Waals surface area contributed by atoms with Crippen molar-refractivity contribution in [3.05, 3.63) is 35.4 Å². The van der Waals surface area contributed by atoms with Gasteiger partial charge in [0.05, 0.1) is 5.56 Å². The summed E-state index contributed by atoms with van der Waals surface area (Å²) in [6.45, 7) is 0.411. The van der Waals surface area contributed by atoms with Crippen LogP contribution in [0.4, 0.5) is 26.3 Å². The molecule has 1 aliphatic rings. The summed E-state index contributed by atoms with van der Waals surface area (Å²) in [5, 5.41) is 5.02. The Labute approximate surface area is 140 Å². The summed E-state index contributed by atoms with van der Waals surface area (Å²) in [5.41, 5.74) is -1.37. The Morgan fingerprint density at radius 3 is 2.36 bits per heavy atom. The first-order chi connectivity index (χ1) is 11.6. The second-order valence-corrected chi connectivity index (χ2v) is 5.63. The second kappa shape index (κ2) is 7.61. The van der Waals surface area contributed by atoms with Crippen molar-refractivity contribution >= 4 is 5.91 Å². The molecule has 2 rings (SSSR count). The summed E-state index contributed by atoms with van der Waals surface area (Å²) < 4.78 is 77.6. The largest absolute Gasteiger partial charge is 0.416 e. The summed E-state index contributed by atoms with van der Waals surface area (Å²) in [5.74, 6) is -0.976. The molecule has 0 saturated carbocycles. The van der Waals surface area contributed by atoms with Gasteiger partial charge in [0.15, 0.2) is 0 Å². The first kappa shape index (κ1) is 19.5. The fourth-order valence-corrected chi connectivity index (χ4v) is 2.57. The molecule has 1 atom stereocenters.